The number of ether oxygens (including phenoxy) is 2. The van der Waals surface area contributed by atoms with E-state index in [1.165, 1.54) is 6.92 Å². The number of hydrogen-bond donors (Lipinski definition) is 1. The van der Waals surface area contributed by atoms with Gasteiger partial charge in [0.15, 0.2) is 17.8 Å². The van der Waals surface area contributed by atoms with Crippen LogP contribution in [0.4, 0.5) is 0 Å². The van der Waals surface area contributed by atoms with E-state index >= 15 is 0 Å². The summed E-state index contributed by atoms with van der Waals surface area (Å²) in [7, 11) is 0. The van der Waals surface area contributed by atoms with Crippen molar-refractivity contribution in [1.82, 2.24) is 0 Å². The summed E-state index contributed by atoms with van der Waals surface area (Å²) < 4.78 is 10.4. The molecule has 4 heteroatoms. The van der Waals surface area contributed by atoms with E-state index < -0.39 is 6.29 Å². The van der Waals surface area contributed by atoms with Gasteiger partial charge in [0.1, 0.15) is 6.29 Å². The number of aldehydes is 1. The normalized spacial score (nSPS) is 11.9. The predicted octanol–water partition coefficient (Wildman–Crippen LogP) is 1.61. The molecular formula is C11H14O4. The Hall–Kier alpha value is -1.55. The van der Waals surface area contributed by atoms with Gasteiger partial charge in [-0.05, 0) is 32.0 Å². The first-order chi connectivity index (χ1) is 7.17. The molecule has 1 unspecified atom stereocenters. The summed E-state index contributed by atoms with van der Waals surface area (Å²) in [5, 5.41) is 9.08. The quantitative estimate of drug-likeness (QED) is 0.592. The van der Waals surface area contributed by atoms with Crippen LogP contribution >= 0.6 is 0 Å². The lowest BCUT2D eigenvalue weighted by atomic mass is 10.2. The average molecular weight is 210 g/mol. The summed E-state index contributed by atoms with van der Waals surface area (Å²) in [6.07, 6.45) is -0.180. The highest BCUT2D eigenvalue weighted by Gasteiger charge is 2.08. The van der Waals surface area contributed by atoms with E-state index in [-0.39, 0.29) is 0 Å². The van der Waals surface area contributed by atoms with Crippen LogP contribution in [0, 0.1) is 0 Å². The highest BCUT2D eigenvalue weighted by Crippen LogP contribution is 2.28. The Morgan fingerprint density at radius 1 is 1.47 bits per heavy atom. The summed E-state index contributed by atoms with van der Waals surface area (Å²) in [6, 6.07) is 4.78. The Morgan fingerprint density at radius 2 is 2.20 bits per heavy atom. The lowest BCUT2D eigenvalue weighted by molar-refractivity contribution is -0.00239. The van der Waals surface area contributed by atoms with Crippen molar-refractivity contribution < 1.29 is 19.4 Å². The van der Waals surface area contributed by atoms with Gasteiger partial charge in [0.05, 0.1) is 6.61 Å². The van der Waals surface area contributed by atoms with Crippen molar-refractivity contribution in [3.05, 3.63) is 23.8 Å². The highest BCUT2D eigenvalue weighted by molar-refractivity contribution is 5.76. The molecule has 0 aliphatic carbocycles. The second kappa shape index (κ2) is 5.36. The summed E-state index contributed by atoms with van der Waals surface area (Å²) in [5.74, 6) is 0.889. The number of rotatable bonds is 5. The zero-order valence-electron chi connectivity index (χ0n) is 8.77. The van der Waals surface area contributed by atoms with E-state index in [0.29, 0.717) is 23.7 Å². The molecule has 1 aromatic carbocycles. The summed E-state index contributed by atoms with van der Waals surface area (Å²) >= 11 is 0. The lowest BCUT2D eigenvalue weighted by Crippen LogP contribution is -2.10. The number of hydrogen-bond acceptors (Lipinski definition) is 4. The first-order valence-corrected chi connectivity index (χ1v) is 4.74. The Kier molecular flexibility index (Phi) is 4.12. The van der Waals surface area contributed by atoms with Crippen molar-refractivity contribution >= 4 is 6.29 Å². The third-order valence-corrected chi connectivity index (χ3v) is 1.70. The molecule has 0 amide bonds. The maximum Gasteiger partial charge on any atom is 0.194 e. The van der Waals surface area contributed by atoms with E-state index in [2.05, 4.69) is 0 Å². The Bertz CT molecular complexity index is 333. The van der Waals surface area contributed by atoms with Crippen LogP contribution in [0.3, 0.4) is 0 Å². The second-order valence-electron chi connectivity index (χ2n) is 2.97. The van der Waals surface area contributed by atoms with Gasteiger partial charge in [-0.3, -0.25) is 4.79 Å². The minimum absolute atomic E-state index is 0.428. The summed E-state index contributed by atoms with van der Waals surface area (Å²) in [4.78, 5) is 10.6. The van der Waals surface area contributed by atoms with Gasteiger partial charge in [0.25, 0.3) is 0 Å². The van der Waals surface area contributed by atoms with Crippen LogP contribution in [0.25, 0.3) is 0 Å². The van der Waals surface area contributed by atoms with Gasteiger partial charge in [-0.1, -0.05) is 0 Å². The van der Waals surface area contributed by atoms with Crippen LogP contribution < -0.4 is 9.47 Å². The van der Waals surface area contributed by atoms with Crippen molar-refractivity contribution in [2.45, 2.75) is 20.1 Å². The Morgan fingerprint density at radius 3 is 2.73 bits per heavy atom. The fourth-order valence-electron chi connectivity index (χ4n) is 1.15. The van der Waals surface area contributed by atoms with Gasteiger partial charge < -0.3 is 14.6 Å². The number of aliphatic hydroxyl groups is 1. The van der Waals surface area contributed by atoms with Crippen LogP contribution in [-0.2, 0) is 0 Å². The van der Waals surface area contributed by atoms with Crippen LogP contribution in [0.1, 0.15) is 24.2 Å². The third kappa shape index (κ3) is 3.25. The van der Waals surface area contributed by atoms with Gasteiger partial charge in [0.2, 0.25) is 0 Å². The first kappa shape index (κ1) is 11.5. The predicted molar refractivity (Wildman–Crippen MR) is 55.3 cm³/mol. The van der Waals surface area contributed by atoms with Gasteiger partial charge in [-0.25, -0.2) is 0 Å². The molecule has 0 saturated carbocycles. The van der Waals surface area contributed by atoms with E-state index in [1.54, 1.807) is 18.2 Å². The van der Waals surface area contributed by atoms with Crippen molar-refractivity contribution in [1.29, 1.82) is 0 Å². The molecule has 0 radical (unpaired) electrons. The van der Waals surface area contributed by atoms with E-state index in [4.69, 9.17) is 14.6 Å². The molecule has 0 aliphatic rings. The van der Waals surface area contributed by atoms with E-state index in [0.717, 1.165) is 6.29 Å². The second-order valence-corrected chi connectivity index (χ2v) is 2.97. The molecule has 0 spiro atoms. The first-order valence-electron chi connectivity index (χ1n) is 4.74. The SMILES string of the molecule is CCOc1cc(C=O)ccc1OC(C)O. The zero-order valence-corrected chi connectivity index (χ0v) is 8.77. The molecule has 4 nitrogen and oxygen atoms in total. The standard InChI is InChI=1S/C11H14O4/c1-3-14-11-6-9(7-12)4-5-10(11)15-8(2)13/h4-8,13H,3H2,1-2H3. The number of benzene rings is 1. The van der Waals surface area contributed by atoms with E-state index in [9.17, 15) is 4.79 Å². The summed E-state index contributed by atoms with van der Waals surface area (Å²) in [5.41, 5.74) is 0.511. The van der Waals surface area contributed by atoms with Crippen LogP contribution in [0.15, 0.2) is 18.2 Å². The smallest absolute Gasteiger partial charge is 0.194 e. The fraction of sp³-hybridized carbons (Fsp3) is 0.364. The maximum atomic E-state index is 10.6. The molecule has 82 valence electrons. The minimum atomic E-state index is -0.911. The topological polar surface area (TPSA) is 55.8 Å². The molecule has 15 heavy (non-hydrogen) atoms. The Labute approximate surface area is 88.4 Å². The lowest BCUT2D eigenvalue weighted by Gasteiger charge is -2.13. The number of aliphatic hydroxyl groups excluding tert-OH is 1. The largest absolute Gasteiger partial charge is 0.490 e. The molecule has 0 heterocycles. The van der Waals surface area contributed by atoms with Crippen LogP contribution in [-0.4, -0.2) is 24.3 Å². The molecule has 1 aromatic rings. The van der Waals surface area contributed by atoms with E-state index in [1.807, 2.05) is 6.92 Å². The maximum absolute atomic E-state index is 10.6. The molecule has 0 bridgehead atoms. The van der Waals surface area contributed by atoms with Gasteiger partial charge in [0, 0.05) is 5.56 Å². The number of carbonyl (C=O) groups excluding carboxylic acids is 1. The molecule has 0 aliphatic heterocycles. The molecule has 0 aromatic heterocycles. The van der Waals surface area contributed by atoms with Crippen molar-refractivity contribution in [2.75, 3.05) is 6.61 Å². The minimum Gasteiger partial charge on any atom is -0.490 e. The molecule has 0 saturated heterocycles. The number of carbonyl (C=O) groups is 1. The molecule has 1 rings (SSSR count). The molecular weight excluding hydrogens is 196 g/mol. The van der Waals surface area contributed by atoms with Crippen molar-refractivity contribution in [2.24, 2.45) is 0 Å². The Balaban J connectivity index is 2.97. The van der Waals surface area contributed by atoms with Crippen LogP contribution in [0.5, 0.6) is 11.5 Å². The van der Waals surface area contributed by atoms with Gasteiger partial charge in [-0.15, -0.1) is 0 Å². The molecule has 1 N–H and O–H groups in total. The van der Waals surface area contributed by atoms with Crippen molar-refractivity contribution in [3.63, 3.8) is 0 Å². The fourth-order valence-corrected chi connectivity index (χ4v) is 1.15. The van der Waals surface area contributed by atoms with Crippen LogP contribution in [0.2, 0.25) is 0 Å². The average Bonchev–Trinajstić information content (AvgIpc) is 2.20. The van der Waals surface area contributed by atoms with Gasteiger partial charge in [-0.2, -0.15) is 0 Å². The molecule has 1 atom stereocenters. The third-order valence-electron chi connectivity index (χ3n) is 1.70. The highest BCUT2D eigenvalue weighted by atomic mass is 16.6. The monoisotopic (exact) mass is 210 g/mol. The zero-order chi connectivity index (χ0) is 11.3. The van der Waals surface area contributed by atoms with Crippen molar-refractivity contribution in [3.8, 4) is 11.5 Å². The molecule has 0 fully saturated rings. The summed E-state index contributed by atoms with van der Waals surface area (Å²) in [6.45, 7) is 3.81. The van der Waals surface area contributed by atoms with Gasteiger partial charge >= 0.3 is 0 Å².